The highest BCUT2D eigenvalue weighted by atomic mass is 16.5. The number of rotatable bonds is 9. The van der Waals surface area contributed by atoms with Gasteiger partial charge in [0.2, 0.25) is 5.91 Å². The van der Waals surface area contributed by atoms with Crippen LogP contribution in [0.5, 0.6) is 0 Å². The van der Waals surface area contributed by atoms with Crippen molar-refractivity contribution in [2.45, 2.75) is 19.4 Å². The maximum Gasteiger partial charge on any atom is 0.236 e. The number of nitrogens with one attached hydrogen (secondary N) is 1. The van der Waals surface area contributed by atoms with Crippen molar-refractivity contribution < 1.29 is 14.3 Å². The molecule has 1 aliphatic rings. The van der Waals surface area contributed by atoms with Gasteiger partial charge in [0.05, 0.1) is 19.8 Å². The molecule has 1 rings (SSSR count). The van der Waals surface area contributed by atoms with Gasteiger partial charge in [-0.05, 0) is 6.42 Å². The molecule has 0 aliphatic carbocycles. The lowest BCUT2D eigenvalue weighted by atomic mass is 10.1. The molecule has 0 spiro atoms. The third-order valence-electron chi connectivity index (χ3n) is 3.77. The lowest BCUT2D eigenvalue weighted by molar-refractivity contribution is -0.133. The van der Waals surface area contributed by atoms with Gasteiger partial charge in [0.1, 0.15) is 0 Å². The van der Waals surface area contributed by atoms with Crippen molar-refractivity contribution in [1.29, 1.82) is 0 Å². The average Bonchev–Trinajstić information content (AvgIpc) is 2.49. The second-order valence-corrected chi connectivity index (χ2v) is 5.10. The Hall–Kier alpha value is -0.690. The topological polar surface area (TPSA) is 54.0 Å². The third kappa shape index (κ3) is 5.75. The van der Waals surface area contributed by atoms with E-state index in [4.69, 9.17) is 9.47 Å². The van der Waals surface area contributed by atoms with Gasteiger partial charge in [-0.2, -0.15) is 0 Å². The van der Waals surface area contributed by atoms with Crippen molar-refractivity contribution in [2.24, 2.45) is 0 Å². The van der Waals surface area contributed by atoms with Crippen LogP contribution in [0.25, 0.3) is 0 Å². The Morgan fingerprint density at radius 1 is 1.25 bits per heavy atom. The molecule has 1 heterocycles. The Balaban J connectivity index is 2.33. The van der Waals surface area contributed by atoms with Crippen LogP contribution in [0.4, 0.5) is 0 Å². The number of piperazine rings is 1. The Morgan fingerprint density at radius 2 is 2.00 bits per heavy atom. The second kappa shape index (κ2) is 10.1. The van der Waals surface area contributed by atoms with Gasteiger partial charge < -0.3 is 19.7 Å². The average molecular weight is 287 g/mol. The third-order valence-corrected chi connectivity index (χ3v) is 3.77. The molecule has 0 aromatic heterocycles. The van der Waals surface area contributed by atoms with Crippen LogP contribution < -0.4 is 5.32 Å². The zero-order valence-corrected chi connectivity index (χ0v) is 13.1. The second-order valence-electron chi connectivity index (χ2n) is 5.10. The monoisotopic (exact) mass is 287 g/mol. The predicted octanol–water partition coefficient (Wildman–Crippen LogP) is -0.208. The highest BCUT2D eigenvalue weighted by molar-refractivity contribution is 5.78. The molecule has 6 nitrogen and oxygen atoms in total. The summed E-state index contributed by atoms with van der Waals surface area (Å²) in [6, 6.07) is 0.446. The van der Waals surface area contributed by atoms with Crippen LogP contribution in [0.15, 0.2) is 0 Å². The fraction of sp³-hybridized carbons (Fsp3) is 0.929. The van der Waals surface area contributed by atoms with E-state index in [0.29, 0.717) is 25.7 Å². The first-order chi connectivity index (χ1) is 9.72. The predicted molar refractivity (Wildman–Crippen MR) is 78.9 cm³/mol. The van der Waals surface area contributed by atoms with Crippen LogP contribution in [0.3, 0.4) is 0 Å². The van der Waals surface area contributed by atoms with Crippen LogP contribution in [-0.4, -0.2) is 88.5 Å². The smallest absolute Gasteiger partial charge is 0.236 e. The van der Waals surface area contributed by atoms with Gasteiger partial charge in [0, 0.05) is 53.0 Å². The first kappa shape index (κ1) is 17.4. The summed E-state index contributed by atoms with van der Waals surface area (Å²) in [6.45, 7) is 8.20. The van der Waals surface area contributed by atoms with Gasteiger partial charge in [-0.15, -0.1) is 0 Å². The molecule has 1 N–H and O–H groups in total. The summed E-state index contributed by atoms with van der Waals surface area (Å²) in [5.41, 5.74) is 0. The minimum absolute atomic E-state index is 0.186. The molecule has 0 saturated carbocycles. The van der Waals surface area contributed by atoms with E-state index in [1.165, 1.54) is 0 Å². The number of hydrogen-bond acceptors (Lipinski definition) is 5. The SMILES string of the molecule is CCC1CN(C(=O)CNCCOC)CCN1CCOC. The van der Waals surface area contributed by atoms with Gasteiger partial charge in [0.25, 0.3) is 0 Å². The molecule has 1 atom stereocenters. The van der Waals surface area contributed by atoms with Crippen LogP contribution in [-0.2, 0) is 14.3 Å². The standard InChI is InChI=1S/C14H29N3O3/c1-4-13-12-17(7-6-16(13)8-10-20-3)14(18)11-15-5-9-19-2/h13,15H,4-12H2,1-3H3. The molecule has 1 amide bonds. The van der Waals surface area contributed by atoms with Crippen LogP contribution >= 0.6 is 0 Å². The number of carbonyl (C=O) groups is 1. The molecular formula is C14H29N3O3. The van der Waals surface area contributed by atoms with Crippen molar-refractivity contribution in [3.05, 3.63) is 0 Å². The lowest BCUT2D eigenvalue weighted by Crippen LogP contribution is -2.56. The van der Waals surface area contributed by atoms with E-state index < -0.39 is 0 Å². The van der Waals surface area contributed by atoms with E-state index >= 15 is 0 Å². The maximum absolute atomic E-state index is 12.1. The number of amides is 1. The normalized spacial score (nSPS) is 20.4. The van der Waals surface area contributed by atoms with E-state index in [1.54, 1.807) is 14.2 Å². The number of nitrogens with zero attached hydrogens (tertiary/aromatic N) is 2. The summed E-state index contributed by atoms with van der Waals surface area (Å²) in [4.78, 5) is 16.5. The van der Waals surface area contributed by atoms with Crippen molar-refractivity contribution >= 4 is 5.91 Å². The highest BCUT2D eigenvalue weighted by Crippen LogP contribution is 2.12. The summed E-state index contributed by atoms with van der Waals surface area (Å²) in [5, 5.41) is 3.11. The summed E-state index contributed by atoms with van der Waals surface area (Å²) >= 11 is 0. The molecule has 1 unspecified atom stereocenters. The van der Waals surface area contributed by atoms with Gasteiger partial charge in [0.15, 0.2) is 0 Å². The molecule has 0 aromatic rings. The van der Waals surface area contributed by atoms with Crippen LogP contribution in [0.2, 0.25) is 0 Å². The van der Waals surface area contributed by atoms with Crippen LogP contribution in [0, 0.1) is 0 Å². The first-order valence-electron chi connectivity index (χ1n) is 7.43. The minimum atomic E-state index is 0.186. The summed E-state index contributed by atoms with van der Waals surface area (Å²) < 4.78 is 10.1. The number of methoxy groups -OCH3 is 2. The van der Waals surface area contributed by atoms with Gasteiger partial charge >= 0.3 is 0 Å². The lowest BCUT2D eigenvalue weighted by Gasteiger charge is -2.41. The van der Waals surface area contributed by atoms with Crippen molar-refractivity contribution in [2.75, 3.05) is 66.7 Å². The Bertz CT molecular complexity index is 276. The number of hydrogen-bond donors (Lipinski definition) is 1. The minimum Gasteiger partial charge on any atom is -0.383 e. The molecule has 0 bridgehead atoms. The summed E-state index contributed by atoms with van der Waals surface area (Å²) in [6.07, 6.45) is 1.06. The van der Waals surface area contributed by atoms with Crippen molar-refractivity contribution in [3.63, 3.8) is 0 Å². The van der Waals surface area contributed by atoms with Crippen molar-refractivity contribution in [3.8, 4) is 0 Å². The molecule has 20 heavy (non-hydrogen) atoms. The number of carbonyl (C=O) groups excluding carboxylic acids is 1. The molecule has 0 aromatic carbocycles. The Labute approximate surface area is 122 Å². The van der Waals surface area contributed by atoms with Gasteiger partial charge in [-0.25, -0.2) is 0 Å². The van der Waals surface area contributed by atoms with E-state index in [1.807, 2.05) is 4.90 Å². The zero-order chi connectivity index (χ0) is 14.8. The number of ether oxygens (including phenoxy) is 2. The first-order valence-corrected chi connectivity index (χ1v) is 7.43. The van der Waals surface area contributed by atoms with E-state index in [0.717, 1.165) is 39.2 Å². The van der Waals surface area contributed by atoms with Gasteiger partial charge in [-0.3, -0.25) is 9.69 Å². The Kier molecular flexibility index (Phi) is 8.77. The highest BCUT2D eigenvalue weighted by Gasteiger charge is 2.27. The zero-order valence-electron chi connectivity index (χ0n) is 13.1. The van der Waals surface area contributed by atoms with E-state index in [9.17, 15) is 4.79 Å². The van der Waals surface area contributed by atoms with E-state index in [2.05, 4.69) is 17.1 Å². The molecular weight excluding hydrogens is 258 g/mol. The van der Waals surface area contributed by atoms with E-state index in [-0.39, 0.29) is 5.91 Å². The molecule has 118 valence electrons. The molecule has 0 radical (unpaired) electrons. The van der Waals surface area contributed by atoms with Crippen LogP contribution in [0.1, 0.15) is 13.3 Å². The maximum atomic E-state index is 12.1. The summed E-state index contributed by atoms with van der Waals surface area (Å²) in [5.74, 6) is 0.186. The summed E-state index contributed by atoms with van der Waals surface area (Å²) in [7, 11) is 3.39. The molecule has 1 aliphatic heterocycles. The fourth-order valence-corrected chi connectivity index (χ4v) is 2.49. The van der Waals surface area contributed by atoms with Gasteiger partial charge in [-0.1, -0.05) is 6.92 Å². The molecule has 1 fully saturated rings. The largest absolute Gasteiger partial charge is 0.383 e. The Morgan fingerprint density at radius 3 is 2.65 bits per heavy atom. The molecule has 1 saturated heterocycles. The van der Waals surface area contributed by atoms with Crippen molar-refractivity contribution in [1.82, 2.24) is 15.1 Å². The quantitative estimate of drug-likeness (QED) is 0.595. The molecule has 6 heteroatoms. The fourth-order valence-electron chi connectivity index (χ4n) is 2.49.